The van der Waals surface area contributed by atoms with E-state index in [4.69, 9.17) is 0 Å². The van der Waals surface area contributed by atoms with Gasteiger partial charge in [-0.05, 0) is 31.1 Å². The van der Waals surface area contributed by atoms with E-state index in [0.717, 1.165) is 12.1 Å². The molecule has 0 aromatic carbocycles. The fourth-order valence-electron chi connectivity index (χ4n) is 1.42. The lowest BCUT2D eigenvalue weighted by Gasteiger charge is -2.02. The van der Waals surface area contributed by atoms with Crippen LogP contribution in [0.3, 0.4) is 0 Å². The first-order valence-electron chi connectivity index (χ1n) is 5.16. The van der Waals surface area contributed by atoms with Crippen LogP contribution in [0.2, 0.25) is 0 Å². The summed E-state index contributed by atoms with van der Waals surface area (Å²) in [5.74, 6) is 0. The van der Waals surface area contributed by atoms with Gasteiger partial charge in [0.2, 0.25) is 0 Å². The van der Waals surface area contributed by atoms with Crippen molar-refractivity contribution in [3.8, 4) is 0 Å². The molecule has 0 bridgehead atoms. The Morgan fingerprint density at radius 1 is 1.29 bits per heavy atom. The van der Waals surface area contributed by atoms with Crippen LogP contribution in [0.5, 0.6) is 0 Å². The molecule has 1 aliphatic rings. The van der Waals surface area contributed by atoms with Gasteiger partial charge in [-0.15, -0.1) is 0 Å². The zero-order chi connectivity index (χ0) is 10.4. The summed E-state index contributed by atoms with van der Waals surface area (Å²) in [6.07, 6.45) is 9.30. The minimum atomic E-state index is 1.02. The fourth-order valence-corrected chi connectivity index (χ4v) is 1.42. The summed E-state index contributed by atoms with van der Waals surface area (Å²) >= 11 is 0. The predicted octanol–water partition coefficient (Wildman–Crippen LogP) is 3.93. The summed E-state index contributed by atoms with van der Waals surface area (Å²) < 4.78 is 0. The van der Waals surface area contributed by atoms with Crippen LogP contribution < -0.4 is 0 Å². The molecule has 0 atom stereocenters. The van der Waals surface area contributed by atoms with Crippen LogP contribution in [-0.2, 0) is 0 Å². The average Bonchev–Trinajstić information content (AvgIpc) is 2.45. The molecule has 0 fully saturated rings. The first kappa shape index (κ1) is 10.7. The van der Waals surface area contributed by atoms with Crippen molar-refractivity contribution in [1.82, 2.24) is 4.98 Å². The Labute approximate surface area is 86.2 Å². The lowest BCUT2D eigenvalue weighted by Crippen LogP contribution is -1.87. The molecule has 74 valence electrons. The molecular formula is C13H17N. The summed E-state index contributed by atoms with van der Waals surface area (Å²) in [6.45, 7) is 6.13. The van der Waals surface area contributed by atoms with Gasteiger partial charge in [-0.25, -0.2) is 0 Å². The Bertz CT molecular complexity index is 348. The maximum atomic E-state index is 4.30. The van der Waals surface area contributed by atoms with Gasteiger partial charge in [-0.2, -0.15) is 0 Å². The summed E-state index contributed by atoms with van der Waals surface area (Å²) in [5.41, 5.74) is 3.66. The van der Waals surface area contributed by atoms with Crippen molar-refractivity contribution in [2.75, 3.05) is 0 Å². The van der Waals surface area contributed by atoms with E-state index >= 15 is 0 Å². The zero-order valence-corrected chi connectivity index (χ0v) is 9.12. The van der Waals surface area contributed by atoms with Gasteiger partial charge in [0.15, 0.2) is 0 Å². The fraction of sp³-hybridized carbons (Fsp3) is 0.308. The minimum Gasteiger partial charge on any atom is -0.256 e. The van der Waals surface area contributed by atoms with E-state index < -0.39 is 0 Å². The quantitative estimate of drug-likeness (QED) is 0.599. The third-order valence-corrected chi connectivity index (χ3v) is 2.10. The molecule has 1 aromatic heterocycles. The summed E-state index contributed by atoms with van der Waals surface area (Å²) in [5, 5.41) is 0. The standard InChI is InChI=1S/C11H11N.C2H6/c1-9-5-2-3-7-11-10(9)6-4-8-12-11;1-2/h3-8H,2H2,1H3;1-2H3. The minimum absolute atomic E-state index is 1.02. The van der Waals surface area contributed by atoms with Crippen LogP contribution in [0, 0.1) is 0 Å². The second-order valence-electron chi connectivity index (χ2n) is 2.96. The molecule has 1 aliphatic carbocycles. The molecule has 1 nitrogen and oxygen atoms in total. The van der Waals surface area contributed by atoms with Gasteiger partial charge in [0.05, 0.1) is 5.69 Å². The van der Waals surface area contributed by atoms with Crippen molar-refractivity contribution >= 4 is 11.6 Å². The summed E-state index contributed by atoms with van der Waals surface area (Å²) in [6, 6.07) is 4.10. The van der Waals surface area contributed by atoms with Crippen LogP contribution >= 0.6 is 0 Å². The molecule has 1 heteroatoms. The Balaban J connectivity index is 0.000000461. The number of aromatic nitrogens is 1. The highest BCUT2D eigenvalue weighted by Crippen LogP contribution is 2.21. The Morgan fingerprint density at radius 2 is 2.07 bits per heavy atom. The van der Waals surface area contributed by atoms with Crippen molar-refractivity contribution in [1.29, 1.82) is 0 Å². The van der Waals surface area contributed by atoms with Gasteiger partial charge in [0.25, 0.3) is 0 Å². The van der Waals surface area contributed by atoms with E-state index in [1.807, 2.05) is 26.1 Å². The number of hydrogen-bond acceptors (Lipinski definition) is 1. The van der Waals surface area contributed by atoms with Crippen LogP contribution in [0.4, 0.5) is 0 Å². The van der Waals surface area contributed by atoms with E-state index in [1.54, 1.807) is 0 Å². The molecule has 0 N–H and O–H groups in total. The molecule has 0 saturated carbocycles. The molecule has 0 spiro atoms. The van der Waals surface area contributed by atoms with Gasteiger partial charge in [0, 0.05) is 11.8 Å². The zero-order valence-electron chi connectivity index (χ0n) is 9.12. The monoisotopic (exact) mass is 187 g/mol. The van der Waals surface area contributed by atoms with Crippen molar-refractivity contribution in [2.45, 2.75) is 27.2 Å². The van der Waals surface area contributed by atoms with Gasteiger partial charge in [-0.3, -0.25) is 4.98 Å². The van der Waals surface area contributed by atoms with Crippen molar-refractivity contribution < 1.29 is 0 Å². The highest BCUT2D eigenvalue weighted by atomic mass is 14.7. The molecule has 1 aromatic rings. The lowest BCUT2D eigenvalue weighted by atomic mass is 10.1. The largest absolute Gasteiger partial charge is 0.256 e. The van der Waals surface area contributed by atoms with E-state index in [0.29, 0.717) is 0 Å². The molecule has 0 aliphatic heterocycles. The Morgan fingerprint density at radius 3 is 2.86 bits per heavy atom. The van der Waals surface area contributed by atoms with Crippen LogP contribution in [0.25, 0.3) is 11.6 Å². The summed E-state index contributed by atoms with van der Waals surface area (Å²) in [7, 11) is 0. The second-order valence-corrected chi connectivity index (χ2v) is 2.96. The molecule has 0 amide bonds. The molecule has 14 heavy (non-hydrogen) atoms. The van der Waals surface area contributed by atoms with Gasteiger partial charge >= 0.3 is 0 Å². The number of fused-ring (bicyclic) bond motifs is 1. The van der Waals surface area contributed by atoms with Crippen LogP contribution in [-0.4, -0.2) is 4.98 Å². The maximum Gasteiger partial charge on any atom is 0.0701 e. The molecule has 0 radical (unpaired) electrons. The average molecular weight is 187 g/mol. The summed E-state index contributed by atoms with van der Waals surface area (Å²) in [4.78, 5) is 4.30. The number of rotatable bonds is 0. The highest BCUT2D eigenvalue weighted by Gasteiger charge is 2.03. The second kappa shape index (κ2) is 5.38. The number of nitrogens with zero attached hydrogens (tertiary/aromatic N) is 1. The van der Waals surface area contributed by atoms with E-state index in [9.17, 15) is 0 Å². The highest BCUT2D eigenvalue weighted by molar-refractivity contribution is 5.72. The first-order chi connectivity index (χ1) is 6.88. The van der Waals surface area contributed by atoms with Crippen molar-refractivity contribution in [2.24, 2.45) is 0 Å². The van der Waals surface area contributed by atoms with Crippen LogP contribution in [0.1, 0.15) is 38.4 Å². The number of pyridine rings is 1. The SMILES string of the molecule is CC.CC1=CCC=Cc2ncccc21. The normalized spacial score (nSPS) is 13.2. The van der Waals surface area contributed by atoms with E-state index in [-0.39, 0.29) is 0 Å². The Hall–Kier alpha value is -1.37. The molecular weight excluding hydrogens is 170 g/mol. The third kappa shape index (κ3) is 2.32. The van der Waals surface area contributed by atoms with Gasteiger partial charge < -0.3 is 0 Å². The topological polar surface area (TPSA) is 12.9 Å². The van der Waals surface area contributed by atoms with Gasteiger partial charge in [-0.1, -0.05) is 32.1 Å². The first-order valence-corrected chi connectivity index (χ1v) is 5.16. The van der Waals surface area contributed by atoms with Crippen molar-refractivity contribution in [3.63, 3.8) is 0 Å². The molecule has 0 unspecified atom stereocenters. The van der Waals surface area contributed by atoms with E-state index in [2.05, 4.69) is 36.2 Å². The van der Waals surface area contributed by atoms with Crippen molar-refractivity contribution in [3.05, 3.63) is 41.7 Å². The van der Waals surface area contributed by atoms with Gasteiger partial charge in [0.1, 0.15) is 0 Å². The Kier molecular flexibility index (Phi) is 4.11. The number of allylic oxidation sites excluding steroid dienone is 3. The smallest absolute Gasteiger partial charge is 0.0701 e. The predicted molar refractivity (Wildman–Crippen MR) is 62.9 cm³/mol. The molecule has 2 rings (SSSR count). The molecule has 0 saturated heterocycles. The van der Waals surface area contributed by atoms with Crippen LogP contribution in [0.15, 0.2) is 30.5 Å². The third-order valence-electron chi connectivity index (χ3n) is 2.10. The molecule has 1 heterocycles. The number of hydrogen-bond donors (Lipinski definition) is 0. The lowest BCUT2D eigenvalue weighted by molar-refractivity contribution is 1.27. The maximum absolute atomic E-state index is 4.30. The van der Waals surface area contributed by atoms with E-state index in [1.165, 1.54) is 11.1 Å².